The van der Waals surface area contributed by atoms with Crippen LogP contribution in [0.3, 0.4) is 0 Å². The molecule has 0 saturated carbocycles. The number of hydrogen-bond donors (Lipinski definition) is 3. The molecule has 0 bridgehead atoms. The van der Waals surface area contributed by atoms with E-state index in [-0.39, 0.29) is 5.91 Å². The first-order valence-corrected chi connectivity index (χ1v) is 9.66. The topological polar surface area (TPSA) is 109 Å². The third-order valence-corrected chi connectivity index (χ3v) is 5.01. The molecular weight excluding hydrogens is 420 g/mol. The van der Waals surface area contributed by atoms with E-state index in [0.717, 1.165) is 0 Å². The molecule has 8 nitrogen and oxygen atoms in total. The quantitative estimate of drug-likeness (QED) is 0.526. The number of ether oxygens (including phenoxy) is 1. The Bertz CT molecular complexity index is 1160. The van der Waals surface area contributed by atoms with Gasteiger partial charge in [-0.05, 0) is 55.0 Å². The highest BCUT2D eigenvalue weighted by Gasteiger charge is 2.43. The lowest BCUT2D eigenvalue weighted by Crippen LogP contribution is -2.40. The van der Waals surface area contributed by atoms with E-state index >= 15 is 0 Å². The number of hydrogen-bond acceptors (Lipinski definition) is 5. The number of aromatic nitrogens is 1. The van der Waals surface area contributed by atoms with Crippen molar-refractivity contribution in [2.24, 2.45) is 0 Å². The van der Waals surface area contributed by atoms with Crippen LogP contribution in [0.5, 0.6) is 11.6 Å². The summed E-state index contributed by atoms with van der Waals surface area (Å²) in [5.41, 5.74) is 0.174. The monoisotopic (exact) mass is 436 g/mol. The Labute approximate surface area is 182 Å². The Morgan fingerprint density at radius 3 is 2.52 bits per heavy atom. The summed E-state index contributed by atoms with van der Waals surface area (Å²) in [6, 6.07) is 16.1. The molecule has 1 aromatic heterocycles. The minimum Gasteiger partial charge on any atom is -0.439 e. The number of rotatable bonds is 5. The van der Waals surface area contributed by atoms with E-state index in [2.05, 4.69) is 20.9 Å². The van der Waals surface area contributed by atoms with E-state index < -0.39 is 17.5 Å². The van der Waals surface area contributed by atoms with Gasteiger partial charge in [0, 0.05) is 23.5 Å². The molecule has 2 heterocycles. The number of anilines is 1. The van der Waals surface area contributed by atoms with Gasteiger partial charge in [0.05, 0.1) is 5.02 Å². The third-order valence-electron chi connectivity index (χ3n) is 4.78. The Balaban J connectivity index is 1.45. The maximum absolute atomic E-state index is 12.7. The second kappa shape index (κ2) is 8.08. The Morgan fingerprint density at radius 1 is 1.10 bits per heavy atom. The zero-order valence-electron chi connectivity index (χ0n) is 16.3. The largest absolute Gasteiger partial charge is 0.439 e. The van der Waals surface area contributed by atoms with Crippen molar-refractivity contribution in [3.8, 4) is 11.6 Å². The number of benzene rings is 2. The van der Waals surface area contributed by atoms with E-state index in [9.17, 15) is 14.4 Å². The molecule has 3 aromatic rings. The Hall–Kier alpha value is -3.91. The van der Waals surface area contributed by atoms with Gasteiger partial charge in [-0.3, -0.25) is 14.9 Å². The lowest BCUT2D eigenvalue weighted by molar-refractivity contribution is -0.123. The van der Waals surface area contributed by atoms with Crippen LogP contribution in [0, 0.1) is 0 Å². The van der Waals surface area contributed by atoms with Crippen LogP contribution < -0.4 is 20.7 Å². The van der Waals surface area contributed by atoms with E-state index in [1.807, 2.05) is 0 Å². The number of urea groups is 1. The van der Waals surface area contributed by atoms with Gasteiger partial charge in [0.15, 0.2) is 0 Å². The van der Waals surface area contributed by atoms with E-state index in [1.165, 1.54) is 6.20 Å². The average molecular weight is 437 g/mol. The number of carbonyl (C=O) groups is 3. The van der Waals surface area contributed by atoms with Crippen LogP contribution in [-0.2, 0) is 10.3 Å². The molecule has 156 valence electrons. The van der Waals surface area contributed by atoms with Crippen molar-refractivity contribution in [1.29, 1.82) is 0 Å². The lowest BCUT2D eigenvalue weighted by atomic mass is 9.91. The number of imide groups is 1. The van der Waals surface area contributed by atoms with Crippen molar-refractivity contribution < 1.29 is 19.1 Å². The molecule has 4 rings (SSSR count). The molecule has 0 radical (unpaired) electrons. The number of halogens is 1. The summed E-state index contributed by atoms with van der Waals surface area (Å²) in [4.78, 5) is 40.4. The molecule has 31 heavy (non-hydrogen) atoms. The predicted molar refractivity (Wildman–Crippen MR) is 114 cm³/mol. The summed E-state index contributed by atoms with van der Waals surface area (Å²) in [7, 11) is 0. The first-order chi connectivity index (χ1) is 14.8. The minimum atomic E-state index is -1.23. The van der Waals surface area contributed by atoms with Gasteiger partial charge in [0.2, 0.25) is 5.88 Å². The fourth-order valence-corrected chi connectivity index (χ4v) is 3.18. The maximum atomic E-state index is 12.7. The van der Waals surface area contributed by atoms with E-state index in [4.69, 9.17) is 16.3 Å². The Kier molecular flexibility index (Phi) is 5.31. The molecule has 1 unspecified atom stereocenters. The summed E-state index contributed by atoms with van der Waals surface area (Å²) in [5, 5.41) is 8.10. The predicted octanol–water partition coefficient (Wildman–Crippen LogP) is 3.83. The summed E-state index contributed by atoms with van der Waals surface area (Å²) in [5.74, 6) is 0.115. The molecule has 2 aromatic carbocycles. The highest BCUT2D eigenvalue weighted by atomic mass is 35.5. The van der Waals surface area contributed by atoms with E-state index in [0.29, 0.717) is 33.5 Å². The van der Waals surface area contributed by atoms with Crippen LogP contribution in [0.15, 0.2) is 66.9 Å². The number of nitrogens with one attached hydrogen (secondary N) is 3. The second-order valence-electron chi connectivity index (χ2n) is 7.01. The maximum Gasteiger partial charge on any atom is 0.322 e. The zero-order valence-corrected chi connectivity index (χ0v) is 17.1. The first kappa shape index (κ1) is 20.4. The molecule has 3 N–H and O–H groups in total. The number of carbonyl (C=O) groups excluding carboxylic acids is 3. The third kappa shape index (κ3) is 4.34. The summed E-state index contributed by atoms with van der Waals surface area (Å²) in [6.45, 7) is 1.58. The summed E-state index contributed by atoms with van der Waals surface area (Å²) in [6.07, 6.45) is 1.49. The van der Waals surface area contributed by atoms with Crippen molar-refractivity contribution in [1.82, 2.24) is 15.6 Å². The zero-order chi connectivity index (χ0) is 22.0. The van der Waals surface area contributed by atoms with Gasteiger partial charge in [0.1, 0.15) is 11.3 Å². The molecule has 0 aliphatic carbocycles. The van der Waals surface area contributed by atoms with Crippen molar-refractivity contribution in [2.45, 2.75) is 12.5 Å². The second-order valence-corrected chi connectivity index (χ2v) is 7.45. The van der Waals surface area contributed by atoms with Crippen LogP contribution >= 0.6 is 11.6 Å². The van der Waals surface area contributed by atoms with Crippen LogP contribution in [0.1, 0.15) is 22.8 Å². The van der Waals surface area contributed by atoms with Crippen LogP contribution in [0.25, 0.3) is 0 Å². The van der Waals surface area contributed by atoms with Crippen molar-refractivity contribution in [2.75, 3.05) is 5.32 Å². The number of pyridine rings is 1. The van der Waals surface area contributed by atoms with Crippen LogP contribution in [0.2, 0.25) is 5.02 Å². The van der Waals surface area contributed by atoms with E-state index in [1.54, 1.807) is 67.6 Å². The molecular formula is C22H17ClN4O4. The van der Waals surface area contributed by atoms with Crippen LogP contribution in [0.4, 0.5) is 10.5 Å². The molecule has 4 amide bonds. The summed E-state index contributed by atoms with van der Waals surface area (Å²) >= 11 is 5.81. The van der Waals surface area contributed by atoms with Gasteiger partial charge in [-0.2, -0.15) is 0 Å². The van der Waals surface area contributed by atoms with Crippen molar-refractivity contribution in [3.63, 3.8) is 0 Å². The molecule has 0 spiro atoms. The van der Waals surface area contributed by atoms with Crippen LogP contribution in [-0.4, -0.2) is 22.8 Å². The fourth-order valence-electron chi connectivity index (χ4n) is 3.07. The number of amides is 4. The molecule has 1 saturated heterocycles. The fraction of sp³-hybridized carbons (Fsp3) is 0.0909. The van der Waals surface area contributed by atoms with Gasteiger partial charge >= 0.3 is 6.03 Å². The normalized spacial score (nSPS) is 17.6. The molecule has 1 fully saturated rings. The highest BCUT2D eigenvalue weighted by Crippen LogP contribution is 2.26. The summed E-state index contributed by atoms with van der Waals surface area (Å²) < 4.78 is 5.63. The van der Waals surface area contributed by atoms with Crippen molar-refractivity contribution in [3.05, 3.63) is 83.0 Å². The number of nitrogens with zero attached hydrogens (tertiary/aromatic N) is 1. The smallest absolute Gasteiger partial charge is 0.322 e. The standard InChI is InChI=1S/C22H17ClN4O4/c1-22(20(29)26-21(30)27-22)14-4-2-3-13(11-14)19(28)25-16-6-8-17(9-7-16)31-18-10-5-15(23)12-24-18/h2-12H,1H3,(H,25,28)(H2,26,27,29,30). The average Bonchev–Trinajstić information content (AvgIpc) is 3.03. The first-order valence-electron chi connectivity index (χ1n) is 9.28. The van der Waals surface area contributed by atoms with Gasteiger partial charge in [-0.15, -0.1) is 0 Å². The Morgan fingerprint density at radius 2 is 1.87 bits per heavy atom. The van der Waals surface area contributed by atoms with Gasteiger partial charge in [0.25, 0.3) is 11.8 Å². The van der Waals surface area contributed by atoms with Gasteiger partial charge in [-0.1, -0.05) is 23.7 Å². The van der Waals surface area contributed by atoms with Gasteiger partial charge < -0.3 is 15.4 Å². The van der Waals surface area contributed by atoms with Gasteiger partial charge in [-0.25, -0.2) is 9.78 Å². The molecule has 9 heteroatoms. The molecule has 1 aliphatic rings. The lowest BCUT2D eigenvalue weighted by Gasteiger charge is -2.21. The molecule has 1 atom stereocenters. The van der Waals surface area contributed by atoms with Crippen molar-refractivity contribution >= 4 is 35.1 Å². The SMILES string of the molecule is CC1(c2cccc(C(=O)Nc3ccc(Oc4ccc(Cl)cn4)cc3)c2)NC(=O)NC1=O. The molecule has 1 aliphatic heterocycles. The minimum absolute atomic E-state index is 0.346. The highest BCUT2D eigenvalue weighted by molar-refractivity contribution is 6.30.